The molecule has 0 fully saturated rings. The van der Waals surface area contributed by atoms with Crippen molar-refractivity contribution in [1.82, 2.24) is 14.8 Å². The number of benzene rings is 2. The van der Waals surface area contributed by atoms with E-state index in [2.05, 4.69) is 15.4 Å². The van der Waals surface area contributed by atoms with Crippen LogP contribution in [-0.2, 0) is 11.3 Å². The third kappa shape index (κ3) is 4.53. The standard InChI is InChI=1S/C22H23N5O2/c1-16-3-4-17(15-28-12-9-23)13-20(16)26-22-24-14-21(29-22)18-5-7-19(8-6-18)27-11-2-10-25-27/h2-8,10-11,13-14H,9,12,15,23H2,1H3,(H,24,26). The van der Waals surface area contributed by atoms with Crippen LogP contribution < -0.4 is 11.1 Å². The lowest BCUT2D eigenvalue weighted by Crippen LogP contribution is -2.08. The van der Waals surface area contributed by atoms with Crippen molar-refractivity contribution in [3.05, 3.63) is 78.2 Å². The smallest absolute Gasteiger partial charge is 0.299 e. The third-order valence-electron chi connectivity index (χ3n) is 4.50. The molecule has 0 amide bonds. The summed E-state index contributed by atoms with van der Waals surface area (Å²) in [5.74, 6) is 0.694. The first-order chi connectivity index (χ1) is 14.2. The van der Waals surface area contributed by atoms with Crippen LogP contribution in [0.1, 0.15) is 11.1 Å². The van der Waals surface area contributed by atoms with Crippen LogP contribution in [0.25, 0.3) is 17.0 Å². The molecule has 0 aliphatic carbocycles. The van der Waals surface area contributed by atoms with Gasteiger partial charge in [0.15, 0.2) is 5.76 Å². The highest BCUT2D eigenvalue weighted by Crippen LogP contribution is 2.27. The van der Waals surface area contributed by atoms with E-state index in [0.717, 1.165) is 28.1 Å². The molecule has 2 heterocycles. The van der Waals surface area contributed by atoms with Gasteiger partial charge in [0.25, 0.3) is 6.01 Å². The molecule has 4 rings (SSSR count). The lowest BCUT2D eigenvalue weighted by atomic mass is 10.1. The molecule has 2 aromatic heterocycles. The zero-order valence-electron chi connectivity index (χ0n) is 16.2. The van der Waals surface area contributed by atoms with Crippen molar-refractivity contribution in [1.29, 1.82) is 0 Å². The van der Waals surface area contributed by atoms with Crippen LogP contribution in [0.2, 0.25) is 0 Å². The van der Waals surface area contributed by atoms with Gasteiger partial charge in [-0.15, -0.1) is 0 Å². The normalized spacial score (nSPS) is 11.0. The second-order valence-corrected chi connectivity index (χ2v) is 6.64. The monoisotopic (exact) mass is 389 g/mol. The number of nitrogens with two attached hydrogens (primary N) is 1. The maximum atomic E-state index is 5.91. The van der Waals surface area contributed by atoms with Crippen molar-refractivity contribution in [2.24, 2.45) is 5.73 Å². The van der Waals surface area contributed by atoms with Gasteiger partial charge in [0.2, 0.25) is 0 Å². The Labute approximate surface area is 169 Å². The molecule has 0 bridgehead atoms. The highest BCUT2D eigenvalue weighted by atomic mass is 16.5. The quantitative estimate of drug-likeness (QED) is 0.442. The van der Waals surface area contributed by atoms with Crippen molar-refractivity contribution in [2.75, 3.05) is 18.5 Å². The lowest BCUT2D eigenvalue weighted by Gasteiger charge is -2.09. The summed E-state index contributed by atoms with van der Waals surface area (Å²) in [5.41, 5.74) is 10.5. The molecule has 0 radical (unpaired) electrons. The van der Waals surface area contributed by atoms with Crippen LogP contribution >= 0.6 is 0 Å². The van der Waals surface area contributed by atoms with Crippen molar-refractivity contribution < 1.29 is 9.15 Å². The Balaban J connectivity index is 1.47. The Morgan fingerprint density at radius 2 is 2.03 bits per heavy atom. The summed E-state index contributed by atoms with van der Waals surface area (Å²) in [4.78, 5) is 4.36. The van der Waals surface area contributed by atoms with Gasteiger partial charge in [0, 0.05) is 30.2 Å². The highest BCUT2D eigenvalue weighted by molar-refractivity contribution is 5.62. The van der Waals surface area contributed by atoms with Crippen molar-refractivity contribution >= 4 is 11.7 Å². The van der Waals surface area contributed by atoms with E-state index in [0.29, 0.717) is 31.5 Å². The first-order valence-corrected chi connectivity index (χ1v) is 9.43. The SMILES string of the molecule is Cc1ccc(COCCN)cc1Nc1ncc(-c2ccc(-n3cccn3)cc2)o1. The van der Waals surface area contributed by atoms with Crippen LogP contribution in [0.4, 0.5) is 11.7 Å². The Kier molecular flexibility index (Phi) is 5.69. The van der Waals surface area contributed by atoms with E-state index in [-0.39, 0.29) is 0 Å². The molecule has 148 valence electrons. The van der Waals surface area contributed by atoms with Gasteiger partial charge < -0.3 is 20.2 Å². The summed E-state index contributed by atoms with van der Waals surface area (Å²) >= 11 is 0. The number of ether oxygens (including phenoxy) is 1. The van der Waals surface area contributed by atoms with E-state index in [9.17, 15) is 0 Å². The van der Waals surface area contributed by atoms with Crippen LogP contribution in [0.3, 0.4) is 0 Å². The molecular weight excluding hydrogens is 366 g/mol. The second-order valence-electron chi connectivity index (χ2n) is 6.64. The van der Waals surface area contributed by atoms with Crippen LogP contribution in [-0.4, -0.2) is 27.9 Å². The van der Waals surface area contributed by atoms with Gasteiger partial charge in [-0.2, -0.15) is 5.10 Å². The van der Waals surface area contributed by atoms with Gasteiger partial charge in [-0.3, -0.25) is 0 Å². The van der Waals surface area contributed by atoms with Gasteiger partial charge in [-0.1, -0.05) is 12.1 Å². The number of aromatic nitrogens is 3. The predicted molar refractivity (Wildman–Crippen MR) is 112 cm³/mol. The van der Waals surface area contributed by atoms with Crippen LogP contribution in [0.5, 0.6) is 0 Å². The molecule has 0 unspecified atom stereocenters. The molecule has 0 saturated heterocycles. The molecule has 7 heteroatoms. The summed E-state index contributed by atoms with van der Waals surface area (Å²) < 4.78 is 13.2. The minimum absolute atomic E-state index is 0.444. The zero-order chi connectivity index (χ0) is 20.1. The van der Waals surface area contributed by atoms with E-state index in [1.807, 2.05) is 66.3 Å². The van der Waals surface area contributed by atoms with E-state index in [4.69, 9.17) is 14.9 Å². The lowest BCUT2D eigenvalue weighted by molar-refractivity contribution is 0.128. The number of anilines is 2. The van der Waals surface area contributed by atoms with Gasteiger partial charge in [-0.05, 0) is 54.4 Å². The van der Waals surface area contributed by atoms with Gasteiger partial charge in [-0.25, -0.2) is 9.67 Å². The summed E-state index contributed by atoms with van der Waals surface area (Å²) in [6.07, 6.45) is 5.38. The van der Waals surface area contributed by atoms with E-state index in [1.165, 1.54) is 0 Å². The highest BCUT2D eigenvalue weighted by Gasteiger charge is 2.09. The van der Waals surface area contributed by atoms with Gasteiger partial charge >= 0.3 is 0 Å². The number of rotatable bonds is 8. The molecule has 29 heavy (non-hydrogen) atoms. The average molecular weight is 389 g/mol. The van der Waals surface area contributed by atoms with Crippen molar-refractivity contribution in [2.45, 2.75) is 13.5 Å². The van der Waals surface area contributed by atoms with Gasteiger partial charge in [0.05, 0.1) is 25.1 Å². The van der Waals surface area contributed by atoms with Crippen LogP contribution in [0, 0.1) is 6.92 Å². The number of nitrogens with one attached hydrogen (secondary N) is 1. The molecular formula is C22H23N5O2. The topological polar surface area (TPSA) is 91.1 Å². The fourth-order valence-electron chi connectivity index (χ4n) is 2.95. The van der Waals surface area contributed by atoms with Gasteiger partial charge in [0.1, 0.15) is 0 Å². The molecule has 0 atom stereocenters. The maximum absolute atomic E-state index is 5.91. The van der Waals surface area contributed by atoms with E-state index < -0.39 is 0 Å². The molecule has 3 N–H and O–H groups in total. The summed E-state index contributed by atoms with van der Waals surface area (Å²) in [6.45, 7) is 3.61. The fourth-order valence-corrected chi connectivity index (χ4v) is 2.95. The summed E-state index contributed by atoms with van der Waals surface area (Å²) in [6, 6.07) is 16.4. The summed E-state index contributed by atoms with van der Waals surface area (Å²) in [5, 5.41) is 7.49. The van der Waals surface area contributed by atoms with Crippen LogP contribution in [0.15, 0.2) is 71.5 Å². The molecule has 2 aromatic carbocycles. The first-order valence-electron chi connectivity index (χ1n) is 9.43. The Morgan fingerprint density at radius 1 is 1.17 bits per heavy atom. The number of hydrogen-bond acceptors (Lipinski definition) is 6. The fraction of sp³-hybridized carbons (Fsp3) is 0.182. The van der Waals surface area contributed by atoms with Crippen molar-refractivity contribution in [3.8, 4) is 17.0 Å². The van der Waals surface area contributed by atoms with Crippen molar-refractivity contribution in [3.63, 3.8) is 0 Å². The number of hydrogen-bond donors (Lipinski definition) is 2. The predicted octanol–water partition coefficient (Wildman–Crippen LogP) is 4.05. The Bertz CT molecular complexity index is 1060. The van der Waals surface area contributed by atoms with E-state index in [1.54, 1.807) is 12.4 Å². The molecule has 0 aliphatic heterocycles. The molecule has 0 spiro atoms. The first kappa shape index (κ1) is 18.9. The molecule has 4 aromatic rings. The Hall–Kier alpha value is -3.42. The molecule has 7 nitrogen and oxygen atoms in total. The molecule has 0 aliphatic rings. The Morgan fingerprint density at radius 3 is 2.79 bits per heavy atom. The third-order valence-corrected chi connectivity index (χ3v) is 4.50. The maximum Gasteiger partial charge on any atom is 0.299 e. The summed E-state index contributed by atoms with van der Waals surface area (Å²) in [7, 11) is 0. The number of oxazole rings is 1. The zero-order valence-corrected chi connectivity index (χ0v) is 16.2. The number of aryl methyl sites for hydroxylation is 1. The average Bonchev–Trinajstić information content (AvgIpc) is 3.43. The minimum Gasteiger partial charge on any atom is -0.423 e. The minimum atomic E-state index is 0.444. The van der Waals surface area contributed by atoms with E-state index >= 15 is 0 Å². The second kappa shape index (κ2) is 8.72. The largest absolute Gasteiger partial charge is 0.423 e. The number of nitrogens with zero attached hydrogens (tertiary/aromatic N) is 3. The molecule has 0 saturated carbocycles.